The van der Waals surface area contributed by atoms with Crippen molar-refractivity contribution in [3.05, 3.63) is 65.7 Å². The van der Waals surface area contributed by atoms with Crippen molar-refractivity contribution in [2.75, 3.05) is 0 Å². The summed E-state index contributed by atoms with van der Waals surface area (Å²) in [6.45, 7) is 0. The van der Waals surface area contributed by atoms with E-state index in [1.54, 1.807) is 24.3 Å². The molecule has 90 valence electrons. The molecule has 0 aliphatic carbocycles. The molecule has 2 aromatic carbocycles. The number of hydrogen-bond donors (Lipinski definition) is 0. The van der Waals surface area contributed by atoms with E-state index < -0.39 is 16.7 Å². The Balaban J connectivity index is 0.00000162. The van der Waals surface area contributed by atoms with Gasteiger partial charge in [-0.2, -0.15) is 6.07 Å². The van der Waals surface area contributed by atoms with Crippen LogP contribution in [0.25, 0.3) is 0 Å². The molecular formula is C13H7F2OSTi-. The number of halogens is 2. The molecule has 1 nitrogen and oxygen atoms in total. The molecule has 2 rings (SSSR count). The number of benzene rings is 2. The van der Waals surface area contributed by atoms with Gasteiger partial charge >= 0.3 is 0 Å². The van der Waals surface area contributed by atoms with E-state index in [9.17, 15) is 13.6 Å². The van der Waals surface area contributed by atoms with Crippen LogP contribution in [0.15, 0.2) is 47.4 Å². The van der Waals surface area contributed by atoms with Gasteiger partial charge in [0, 0.05) is 38.2 Å². The monoisotopic (exact) mass is 297 g/mol. The van der Waals surface area contributed by atoms with Gasteiger partial charge in [0.2, 0.25) is 0 Å². The van der Waals surface area contributed by atoms with E-state index in [0.717, 1.165) is 23.9 Å². The quantitative estimate of drug-likeness (QED) is 0.478. The van der Waals surface area contributed by atoms with Gasteiger partial charge in [0.25, 0.3) is 0 Å². The second-order valence-corrected chi connectivity index (χ2v) is 4.28. The Morgan fingerprint density at radius 3 is 2.33 bits per heavy atom. The summed E-state index contributed by atoms with van der Waals surface area (Å²) in [5, 5.41) is -0.468. The number of hydrogen-bond acceptors (Lipinski definition) is 2. The zero-order chi connectivity index (χ0) is 12.3. The molecule has 0 aliphatic rings. The van der Waals surface area contributed by atoms with E-state index in [-0.39, 0.29) is 27.3 Å². The van der Waals surface area contributed by atoms with Crippen molar-refractivity contribution < 1.29 is 35.3 Å². The maximum atomic E-state index is 13.3. The normalized spacial score (nSPS) is 9.67. The molecule has 5 heteroatoms. The standard InChI is InChI=1S/C13H7F2OS.Ti/c14-9-6-7-11(12(15)8-9)13(16)17-10-4-2-1-3-5-10;/h1-7H;/q-1;. The molecule has 0 unspecified atom stereocenters. The van der Waals surface area contributed by atoms with Gasteiger partial charge in [-0.1, -0.05) is 30.0 Å². The molecule has 0 aromatic heterocycles. The number of thioether (sulfide) groups is 1. The molecule has 0 aliphatic heterocycles. The van der Waals surface area contributed by atoms with Crippen LogP contribution in [0, 0.1) is 17.7 Å². The predicted octanol–water partition coefficient (Wildman–Crippen LogP) is 3.69. The largest absolute Gasteiger partial charge is 0.296 e. The number of rotatable bonds is 2. The summed E-state index contributed by atoms with van der Waals surface area (Å²) in [4.78, 5) is 12.4. The van der Waals surface area contributed by atoms with Gasteiger partial charge in [-0.15, -0.1) is 12.1 Å². The van der Waals surface area contributed by atoms with Crippen LogP contribution in [-0.2, 0) is 21.7 Å². The molecule has 0 amide bonds. The number of carbonyl (C=O) groups is 1. The van der Waals surface area contributed by atoms with Crippen molar-refractivity contribution in [2.45, 2.75) is 4.90 Å². The Bertz CT molecular complexity index is 546. The van der Waals surface area contributed by atoms with Gasteiger partial charge in [-0.05, 0) is 17.7 Å². The van der Waals surface area contributed by atoms with E-state index in [2.05, 4.69) is 0 Å². The third kappa shape index (κ3) is 3.77. The third-order valence-corrected chi connectivity index (χ3v) is 2.95. The van der Waals surface area contributed by atoms with E-state index in [0.29, 0.717) is 4.90 Å². The van der Waals surface area contributed by atoms with Crippen LogP contribution in [0.5, 0.6) is 0 Å². The van der Waals surface area contributed by atoms with Crippen molar-refractivity contribution in [1.82, 2.24) is 0 Å². The second kappa shape index (κ2) is 6.83. The zero-order valence-electron chi connectivity index (χ0n) is 9.11. The smallest absolute Gasteiger partial charge is 0.172 e. The summed E-state index contributed by atoms with van der Waals surface area (Å²) in [7, 11) is 0. The first-order chi connectivity index (χ1) is 8.16. The van der Waals surface area contributed by atoms with Crippen LogP contribution in [0.3, 0.4) is 0 Å². The van der Waals surface area contributed by atoms with E-state index >= 15 is 0 Å². The summed E-state index contributed by atoms with van der Waals surface area (Å²) in [6.07, 6.45) is 0. The van der Waals surface area contributed by atoms with E-state index in [1.807, 2.05) is 12.1 Å². The van der Waals surface area contributed by atoms with Crippen LogP contribution in [-0.4, -0.2) is 5.12 Å². The maximum Gasteiger partial charge on any atom is 0.172 e. The minimum atomic E-state index is -0.960. The van der Waals surface area contributed by atoms with Gasteiger partial charge < -0.3 is 0 Å². The van der Waals surface area contributed by atoms with Crippen molar-refractivity contribution in [1.29, 1.82) is 0 Å². The van der Waals surface area contributed by atoms with E-state index in [4.69, 9.17) is 0 Å². The molecule has 2 aromatic rings. The van der Waals surface area contributed by atoms with Crippen molar-refractivity contribution >= 4 is 16.9 Å². The van der Waals surface area contributed by atoms with Crippen LogP contribution in [0.4, 0.5) is 8.78 Å². The van der Waals surface area contributed by atoms with Crippen LogP contribution in [0.2, 0.25) is 0 Å². The van der Waals surface area contributed by atoms with Gasteiger partial charge in [0.15, 0.2) is 5.12 Å². The molecule has 0 saturated carbocycles. The maximum absolute atomic E-state index is 13.3. The van der Waals surface area contributed by atoms with Crippen LogP contribution < -0.4 is 0 Å². The SMILES string of the molecule is O=C(Sc1ccccc1)c1ccc(F)[c-]c1F.[Ti]. The van der Waals surface area contributed by atoms with E-state index in [1.165, 1.54) is 0 Å². The molecule has 0 saturated heterocycles. The summed E-state index contributed by atoms with van der Waals surface area (Å²) >= 11 is 0.895. The number of carbonyl (C=O) groups excluding carboxylic acids is 1. The predicted molar refractivity (Wildman–Crippen MR) is 61.8 cm³/mol. The summed E-state index contributed by atoms with van der Waals surface area (Å²) in [6, 6.07) is 12.8. The van der Waals surface area contributed by atoms with Crippen LogP contribution >= 0.6 is 11.8 Å². The fourth-order valence-corrected chi connectivity index (χ4v) is 2.03. The Hall–Kier alpha value is -0.966. The van der Waals surface area contributed by atoms with Gasteiger partial charge in [0.05, 0.1) is 0 Å². The van der Waals surface area contributed by atoms with Crippen molar-refractivity contribution in [3.63, 3.8) is 0 Å². The summed E-state index contributed by atoms with van der Waals surface area (Å²) in [5.74, 6) is -1.78. The zero-order valence-corrected chi connectivity index (χ0v) is 11.5. The molecule has 0 bridgehead atoms. The second-order valence-electron chi connectivity index (χ2n) is 3.24. The minimum Gasteiger partial charge on any atom is -0.296 e. The Labute approximate surface area is 122 Å². The molecule has 18 heavy (non-hydrogen) atoms. The Morgan fingerprint density at radius 1 is 1.06 bits per heavy atom. The molecule has 0 heterocycles. The molecule has 0 spiro atoms. The van der Waals surface area contributed by atoms with Crippen molar-refractivity contribution in [3.8, 4) is 0 Å². The van der Waals surface area contributed by atoms with Gasteiger partial charge in [0.1, 0.15) is 0 Å². The first kappa shape index (κ1) is 15.1. The molecule has 0 N–H and O–H groups in total. The fraction of sp³-hybridized carbons (Fsp3) is 0. The Kier molecular flexibility index (Phi) is 5.73. The summed E-state index contributed by atoms with van der Waals surface area (Å²) in [5.41, 5.74) is -0.166. The third-order valence-electron chi connectivity index (χ3n) is 2.04. The van der Waals surface area contributed by atoms with Gasteiger partial charge in [-0.3, -0.25) is 4.79 Å². The molecule has 0 radical (unpaired) electrons. The first-order valence-corrected chi connectivity index (χ1v) is 5.63. The first-order valence-electron chi connectivity index (χ1n) is 4.81. The average molecular weight is 297 g/mol. The topological polar surface area (TPSA) is 17.1 Å². The summed E-state index contributed by atoms with van der Waals surface area (Å²) < 4.78 is 25.9. The molecule has 0 fully saturated rings. The minimum absolute atomic E-state index is 0. The van der Waals surface area contributed by atoms with Crippen molar-refractivity contribution in [2.24, 2.45) is 0 Å². The molecule has 0 atom stereocenters. The Morgan fingerprint density at radius 2 is 1.72 bits per heavy atom. The average Bonchev–Trinajstić information content (AvgIpc) is 2.30. The fourth-order valence-electron chi connectivity index (χ4n) is 1.25. The van der Waals surface area contributed by atoms with Gasteiger partial charge in [-0.25, -0.2) is 8.78 Å². The van der Waals surface area contributed by atoms with Crippen LogP contribution in [0.1, 0.15) is 10.4 Å². The molecular weight excluding hydrogens is 290 g/mol.